The topological polar surface area (TPSA) is 3.24 Å². The van der Waals surface area contributed by atoms with Gasteiger partial charge in [-0.25, -0.2) is 0 Å². The Hall–Kier alpha value is -1.45. The fourth-order valence-corrected chi connectivity index (χ4v) is 2.75. The van der Waals surface area contributed by atoms with Crippen LogP contribution in [0.2, 0.25) is 0 Å². The summed E-state index contributed by atoms with van der Waals surface area (Å²) >= 11 is 0. The highest BCUT2D eigenvalue weighted by atomic mass is 19.4. The van der Waals surface area contributed by atoms with Crippen molar-refractivity contribution in [2.75, 3.05) is 11.9 Å². The molecule has 4 heteroatoms. The van der Waals surface area contributed by atoms with Crippen LogP contribution in [0.5, 0.6) is 0 Å². The highest BCUT2D eigenvalue weighted by Crippen LogP contribution is 2.52. The van der Waals surface area contributed by atoms with Crippen LogP contribution in [0.15, 0.2) is 24.4 Å². The van der Waals surface area contributed by atoms with Gasteiger partial charge in [0.15, 0.2) is 0 Å². The van der Waals surface area contributed by atoms with Crippen molar-refractivity contribution in [3.63, 3.8) is 0 Å². The number of nitrogens with zero attached hydrogens (tertiary/aromatic N) is 1. The zero-order valence-electron chi connectivity index (χ0n) is 12.5. The molecule has 1 aliphatic heterocycles. The number of hydrogen-bond donors (Lipinski definition) is 0. The monoisotopic (exact) mass is 283 g/mol. The van der Waals surface area contributed by atoms with Gasteiger partial charge in [-0.05, 0) is 23.1 Å². The molecule has 0 unspecified atom stereocenters. The number of alkyl halides is 3. The minimum atomic E-state index is -4.36. The van der Waals surface area contributed by atoms with E-state index < -0.39 is 17.2 Å². The zero-order chi connectivity index (χ0) is 15.5. The smallest absolute Gasteiger partial charge is 0.347 e. The van der Waals surface area contributed by atoms with Gasteiger partial charge in [0.1, 0.15) is 0 Å². The summed E-state index contributed by atoms with van der Waals surface area (Å²) in [6.07, 6.45) is -4.36. The van der Waals surface area contributed by atoms with E-state index in [9.17, 15) is 13.2 Å². The third-order valence-electron chi connectivity index (χ3n) is 4.24. The Morgan fingerprint density at radius 2 is 1.75 bits per heavy atom. The summed E-state index contributed by atoms with van der Waals surface area (Å²) < 4.78 is 40.1. The quantitative estimate of drug-likeness (QED) is 0.695. The summed E-state index contributed by atoms with van der Waals surface area (Å²) in [6, 6.07) is 3.17. The largest absolute Gasteiger partial charge is 0.418 e. The molecule has 0 radical (unpaired) electrons. The average Bonchev–Trinajstić information content (AvgIpc) is 2.49. The molecule has 0 aliphatic carbocycles. The van der Waals surface area contributed by atoms with E-state index in [4.69, 9.17) is 0 Å². The summed E-state index contributed by atoms with van der Waals surface area (Å²) in [5, 5.41) is 0. The van der Waals surface area contributed by atoms with Gasteiger partial charge in [-0.2, -0.15) is 13.2 Å². The maximum absolute atomic E-state index is 13.4. The molecular weight excluding hydrogens is 263 g/mol. The van der Waals surface area contributed by atoms with E-state index in [1.165, 1.54) is 6.07 Å². The number of fused-ring (bicyclic) bond motifs is 1. The summed E-state index contributed by atoms with van der Waals surface area (Å²) in [5.74, 6) is 0.0522. The molecule has 0 N–H and O–H groups in total. The van der Waals surface area contributed by atoms with Gasteiger partial charge in [-0.15, -0.1) is 0 Å². The van der Waals surface area contributed by atoms with Crippen LogP contribution >= 0.6 is 0 Å². The van der Waals surface area contributed by atoms with E-state index in [1.54, 1.807) is 11.9 Å². The van der Waals surface area contributed by atoms with E-state index in [2.05, 4.69) is 6.58 Å². The van der Waals surface area contributed by atoms with Crippen molar-refractivity contribution in [2.24, 2.45) is 0 Å². The van der Waals surface area contributed by atoms with Crippen molar-refractivity contribution in [3.8, 4) is 0 Å². The van der Waals surface area contributed by atoms with E-state index in [1.807, 2.05) is 33.8 Å². The van der Waals surface area contributed by atoms with E-state index in [0.717, 1.165) is 0 Å². The lowest BCUT2D eigenvalue weighted by Gasteiger charge is -2.22. The fraction of sp³-hybridized carbons (Fsp3) is 0.500. The second kappa shape index (κ2) is 4.27. The second-order valence-corrected chi connectivity index (χ2v) is 6.25. The Kier molecular flexibility index (Phi) is 3.19. The van der Waals surface area contributed by atoms with Crippen molar-refractivity contribution >= 4 is 5.69 Å². The fourth-order valence-electron chi connectivity index (χ4n) is 2.75. The number of allylic oxidation sites excluding steroid dienone is 1. The Morgan fingerprint density at radius 3 is 2.20 bits per heavy atom. The molecule has 0 saturated carbocycles. The number of benzene rings is 1. The van der Waals surface area contributed by atoms with Crippen molar-refractivity contribution in [1.82, 2.24) is 0 Å². The minimum Gasteiger partial charge on any atom is -0.347 e. The Morgan fingerprint density at radius 1 is 1.20 bits per heavy atom. The molecule has 1 nitrogen and oxygen atoms in total. The van der Waals surface area contributed by atoms with Crippen LogP contribution in [0.1, 0.15) is 50.3 Å². The van der Waals surface area contributed by atoms with Crippen molar-refractivity contribution < 1.29 is 13.2 Å². The first-order valence-electron chi connectivity index (χ1n) is 6.66. The van der Waals surface area contributed by atoms with E-state index in [0.29, 0.717) is 16.8 Å². The lowest BCUT2D eigenvalue weighted by molar-refractivity contribution is -0.137. The molecule has 1 heterocycles. The maximum atomic E-state index is 13.4. The predicted molar refractivity (Wildman–Crippen MR) is 76.1 cm³/mol. The zero-order valence-corrected chi connectivity index (χ0v) is 12.5. The molecule has 1 aromatic carbocycles. The Bertz CT molecular complexity index is 568. The normalized spacial score (nSPS) is 17.9. The first-order chi connectivity index (χ1) is 8.98. The van der Waals surface area contributed by atoms with Gasteiger partial charge in [-0.1, -0.05) is 40.3 Å². The van der Waals surface area contributed by atoms with Gasteiger partial charge in [0.2, 0.25) is 0 Å². The maximum Gasteiger partial charge on any atom is 0.418 e. The van der Waals surface area contributed by atoms with Crippen LogP contribution in [-0.2, 0) is 11.6 Å². The molecule has 0 fully saturated rings. The van der Waals surface area contributed by atoms with Crippen LogP contribution in [0, 0.1) is 0 Å². The molecule has 0 saturated heterocycles. The van der Waals surface area contributed by atoms with Crippen molar-refractivity contribution in [1.29, 1.82) is 0 Å². The molecule has 2 rings (SSSR count). The van der Waals surface area contributed by atoms with Crippen LogP contribution in [0.4, 0.5) is 18.9 Å². The van der Waals surface area contributed by atoms with Gasteiger partial charge in [-0.3, -0.25) is 0 Å². The number of anilines is 1. The highest BCUT2D eigenvalue weighted by molar-refractivity contribution is 5.74. The average molecular weight is 283 g/mol. The molecule has 1 aliphatic rings. The lowest BCUT2D eigenvalue weighted by Crippen LogP contribution is -2.22. The summed E-state index contributed by atoms with van der Waals surface area (Å²) in [5.41, 5.74) is 1.33. The highest BCUT2D eigenvalue weighted by Gasteiger charge is 2.45. The van der Waals surface area contributed by atoms with Crippen LogP contribution in [-0.4, -0.2) is 7.05 Å². The summed E-state index contributed by atoms with van der Waals surface area (Å²) in [7, 11) is 1.65. The van der Waals surface area contributed by atoms with Crippen molar-refractivity contribution in [3.05, 3.63) is 41.1 Å². The number of halogens is 3. The first kappa shape index (κ1) is 14.9. The van der Waals surface area contributed by atoms with Crippen molar-refractivity contribution in [2.45, 2.75) is 45.2 Å². The van der Waals surface area contributed by atoms with Crippen LogP contribution in [0.3, 0.4) is 0 Å². The molecule has 0 bridgehead atoms. The van der Waals surface area contributed by atoms with E-state index in [-0.39, 0.29) is 11.6 Å². The standard InChI is InChI=1S/C16H20F3N/c1-9(2)11-7-12-14(13(8-11)16(17,18)19)20(6)10(3)15(12,4)5/h7-9H,3H2,1-2,4-6H3. The molecule has 110 valence electrons. The molecule has 0 spiro atoms. The molecule has 0 atom stereocenters. The number of likely N-dealkylation sites (N-methyl/N-ethyl adjacent to an activating group) is 1. The van der Waals surface area contributed by atoms with Gasteiger partial charge >= 0.3 is 6.18 Å². The van der Waals surface area contributed by atoms with Crippen LogP contribution in [0.25, 0.3) is 0 Å². The van der Waals surface area contributed by atoms with E-state index >= 15 is 0 Å². The second-order valence-electron chi connectivity index (χ2n) is 6.25. The molecule has 1 aromatic rings. The molecular formula is C16H20F3N. The van der Waals surface area contributed by atoms with Crippen LogP contribution < -0.4 is 4.90 Å². The third kappa shape index (κ3) is 2.02. The Labute approximate surface area is 118 Å². The molecule has 0 aromatic heterocycles. The Balaban J connectivity index is 2.83. The summed E-state index contributed by atoms with van der Waals surface area (Å²) in [4.78, 5) is 1.57. The van der Waals surface area contributed by atoms with Gasteiger partial charge in [0.05, 0.1) is 11.3 Å². The number of rotatable bonds is 1. The van der Waals surface area contributed by atoms with Gasteiger partial charge < -0.3 is 4.90 Å². The SMILES string of the molecule is C=C1N(C)c2c(C(F)(F)F)cc(C(C)C)cc2C1(C)C. The number of hydrogen-bond acceptors (Lipinski definition) is 1. The first-order valence-corrected chi connectivity index (χ1v) is 6.66. The lowest BCUT2D eigenvalue weighted by atomic mass is 9.82. The molecule has 0 amide bonds. The van der Waals surface area contributed by atoms with Gasteiger partial charge in [0, 0.05) is 18.2 Å². The minimum absolute atomic E-state index is 0.0522. The molecule has 20 heavy (non-hydrogen) atoms. The third-order valence-corrected chi connectivity index (χ3v) is 4.24. The predicted octanol–water partition coefficient (Wildman–Crippen LogP) is 5.07. The van der Waals surface area contributed by atoms with Gasteiger partial charge in [0.25, 0.3) is 0 Å². The summed E-state index contributed by atoms with van der Waals surface area (Å²) in [6.45, 7) is 11.6.